The molecule has 4 rings (SSSR count). The molecule has 0 aliphatic heterocycles. The van der Waals surface area contributed by atoms with Crippen molar-refractivity contribution in [3.63, 3.8) is 0 Å². The van der Waals surface area contributed by atoms with Crippen LogP contribution in [0.25, 0.3) is 0 Å². The normalized spacial score (nSPS) is 10.6. The van der Waals surface area contributed by atoms with Gasteiger partial charge in [-0.15, -0.1) is 10.2 Å². The van der Waals surface area contributed by atoms with Crippen LogP contribution in [-0.2, 0) is 13.1 Å². The van der Waals surface area contributed by atoms with E-state index in [-0.39, 0.29) is 11.6 Å². The van der Waals surface area contributed by atoms with Gasteiger partial charge in [0, 0.05) is 5.69 Å². The van der Waals surface area contributed by atoms with Gasteiger partial charge in [0.15, 0.2) is 11.5 Å². The Hall–Kier alpha value is -3.87. The van der Waals surface area contributed by atoms with E-state index in [1.807, 2.05) is 59.5 Å². The summed E-state index contributed by atoms with van der Waals surface area (Å²) in [7, 11) is 0. The minimum Gasteiger partial charge on any atom is -0.467 e. The molecule has 1 amide bonds. The van der Waals surface area contributed by atoms with E-state index in [9.17, 15) is 4.79 Å². The van der Waals surface area contributed by atoms with Gasteiger partial charge in [0.25, 0.3) is 5.91 Å². The first kappa shape index (κ1) is 17.5. The summed E-state index contributed by atoms with van der Waals surface area (Å²) in [5.74, 6) is 1.89. The lowest BCUT2D eigenvalue weighted by atomic mass is 10.3. The zero-order valence-electron chi connectivity index (χ0n) is 15.0. The van der Waals surface area contributed by atoms with E-state index >= 15 is 0 Å². The largest absolute Gasteiger partial charge is 0.467 e. The number of aromatic nitrogens is 2. The molecule has 7 heteroatoms. The molecule has 0 radical (unpaired) electrons. The number of furan rings is 2. The van der Waals surface area contributed by atoms with Gasteiger partial charge in [-0.2, -0.15) is 0 Å². The topological polar surface area (TPSA) is 84.4 Å². The molecule has 0 aliphatic carbocycles. The number of nitrogens with one attached hydrogen (secondary N) is 1. The maximum absolute atomic E-state index is 12.4. The van der Waals surface area contributed by atoms with E-state index in [2.05, 4.69) is 15.5 Å². The molecule has 0 aliphatic rings. The number of carbonyl (C=O) groups is 1. The molecular weight excluding hydrogens is 356 g/mol. The molecule has 0 fully saturated rings. The maximum Gasteiger partial charge on any atom is 0.276 e. The van der Waals surface area contributed by atoms with Crippen molar-refractivity contribution in [1.82, 2.24) is 10.2 Å². The van der Waals surface area contributed by atoms with Crippen molar-refractivity contribution in [3.8, 4) is 0 Å². The van der Waals surface area contributed by atoms with Crippen LogP contribution in [0, 0.1) is 0 Å². The first-order valence-electron chi connectivity index (χ1n) is 8.78. The Balaban J connectivity index is 1.51. The molecule has 140 valence electrons. The van der Waals surface area contributed by atoms with Gasteiger partial charge in [0.05, 0.1) is 25.6 Å². The summed E-state index contributed by atoms with van der Waals surface area (Å²) < 4.78 is 10.9. The zero-order valence-corrected chi connectivity index (χ0v) is 15.0. The first-order chi connectivity index (χ1) is 13.8. The second kappa shape index (κ2) is 8.22. The van der Waals surface area contributed by atoms with Crippen molar-refractivity contribution in [2.45, 2.75) is 13.1 Å². The third-order valence-corrected chi connectivity index (χ3v) is 4.09. The summed E-state index contributed by atoms with van der Waals surface area (Å²) >= 11 is 0. The Kier molecular flexibility index (Phi) is 5.15. The van der Waals surface area contributed by atoms with Crippen LogP contribution in [-0.4, -0.2) is 16.1 Å². The molecule has 0 spiro atoms. The minimum absolute atomic E-state index is 0.239. The lowest BCUT2D eigenvalue weighted by Gasteiger charge is -2.21. The van der Waals surface area contributed by atoms with Crippen LogP contribution in [0.1, 0.15) is 22.0 Å². The van der Waals surface area contributed by atoms with E-state index < -0.39 is 0 Å². The van der Waals surface area contributed by atoms with Crippen LogP contribution in [0.15, 0.2) is 88.1 Å². The molecule has 28 heavy (non-hydrogen) atoms. The molecule has 3 heterocycles. The molecule has 4 aromatic rings. The molecular formula is C21H18N4O3. The zero-order chi connectivity index (χ0) is 19.2. The number of amides is 1. The molecule has 0 bridgehead atoms. The monoisotopic (exact) mass is 374 g/mol. The van der Waals surface area contributed by atoms with Gasteiger partial charge < -0.3 is 19.1 Å². The highest BCUT2D eigenvalue weighted by atomic mass is 16.3. The highest BCUT2D eigenvalue weighted by molar-refractivity contribution is 6.02. The van der Waals surface area contributed by atoms with Gasteiger partial charge in [-0.3, -0.25) is 4.79 Å². The standard InChI is InChI=1S/C21H18N4O3/c26-21(22-16-6-2-1-3-7-16)19-10-11-20(24-23-19)25(14-17-8-4-12-27-17)15-18-9-5-13-28-18/h1-13H,14-15H2,(H,22,26). The highest BCUT2D eigenvalue weighted by Crippen LogP contribution is 2.18. The average Bonchev–Trinajstić information content (AvgIpc) is 3.43. The number of hydrogen-bond donors (Lipinski definition) is 1. The van der Waals surface area contributed by atoms with Crippen LogP contribution < -0.4 is 10.2 Å². The van der Waals surface area contributed by atoms with Gasteiger partial charge in [-0.05, 0) is 48.5 Å². The maximum atomic E-state index is 12.4. The predicted octanol–water partition coefficient (Wildman–Crippen LogP) is 4.12. The van der Waals surface area contributed by atoms with Crippen molar-refractivity contribution >= 4 is 17.4 Å². The smallest absolute Gasteiger partial charge is 0.276 e. The number of carbonyl (C=O) groups excluding carboxylic acids is 1. The van der Waals surface area contributed by atoms with Gasteiger partial charge in [-0.25, -0.2) is 0 Å². The van der Waals surface area contributed by atoms with Gasteiger partial charge in [-0.1, -0.05) is 18.2 Å². The Morgan fingerprint density at radius 1 is 0.821 bits per heavy atom. The molecule has 1 N–H and O–H groups in total. The lowest BCUT2D eigenvalue weighted by Crippen LogP contribution is -2.24. The van der Waals surface area contributed by atoms with Crippen LogP contribution in [0.4, 0.5) is 11.5 Å². The fraction of sp³-hybridized carbons (Fsp3) is 0.0952. The minimum atomic E-state index is -0.311. The van der Waals surface area contributed by atoms with Crippen molar-refractivity contribution in [3.05, 3.63) is 96.5 Å². The summed E-state index contributed by atoms with van der Waals surface area (Å²) in [6, 6.07) is 20.1. The number of hydrogen-bond acceptors (Lipinski definition) is 6. The van der Waals surface area contributed by atoms with Crippen LogP contribution >= 0.6 is 0 Å². The SMILES string of the molecule is O=C(Nc1ccccc1)c1ccc(N(Cc2ccco2)Cc2ccco2)nn1. The highest BCUT2D eigenvalue weighted by Gasteiger charge is 2.15. The second-order valence-electron chi connectivity index (χ2n) is 6.11. The Morgan fingerprint density at radius 2 is 1.50 bits per heavy atom. The molecule has 3 aromatic heterocycles. The quantitative estimate of drug-likeness (QED) is 0.524. The summed E-state index contributed by atoms with van der Waals surface area (Å²) in [4.78, 5) is 14.3. The summed E-state index contributed by atoms with van der Waals surface area (Å²) in [6.45, 7) is 0.996. The Bertz CT molecular complexity index is 962. The molecule has 7 nitrogen and oxygen atoms in total. The summed E-state index contributed by atoms with van der Waals surface area (Å²) in [6.07, 6.45) is 3.26. The second-order valence-corrected chi connectivity index (χ2v) is 6.11. The molecule has 0 atom stereocenters. The van der Waals surface area contributed by atoms with Crippen molar-refractivity contribution in [1.29, 1.82) is 0 Å². The lowest BCUT2D eigenvalue weighted by molar-refractivity contribution is 0.102. The Morgan fingerprint density at radius 3 is 2.04 bits per heavy atom. The van der Waals surface area contributed by atoms with Crippen LogP contribution in [0.5, 0.6) is 0 Å². The Labute approximate surface area is 161 Å². The number of benzene rings is 1. The fourth-order valence-corrected chi connectivity index (χ4v) is 2.73. The van der Waals surface area contributed by atoms with Gasteiger partial charge >= 0.3 is 0 Å². The van der Waals surface area contributed by atoms with E-state index in [1.165, 1.54) is 0 Å². The molecule has 0 unspecified atom stereocenters. The first-order valence-corrected chi connectivity index (χ1v) is 8.78. The average molecular weight is 374 g/mol. The molecule has 0 saturated carbocycles. The molecule has 0 saturated heterocycles. The number of anilines is 2. The predicted molar refractivity (Wildman–Crippen MR) is 104 cm³/mol. The van der Waals surface area contributed by atoms with Crippen molar-refractivity contribution in [2.75, 3.05) is 10.2 Å². The van der Waals surface area contributed by atoms with Crippen molar-refractivity contribution < 1.29 is 13.6 Å². The van der Waals surface area contributed by atoms with E-state index in [0.29, 0.717) is 24.6 Å². The van der Waals surface area contributed by atoms with Gasteiger partial charge in [0.2, 0.25) is 0 Å². The van der Waals surface area contributed by atoms with Crippen molar-refractivity contribution in [2.24, 2.45) is 0 Å². The van der Waals surface area contributed by atoms with Crippen LogP contribution in [0.3, 0.4) is 0 Å². The molecule has 1 aromatic carbocycles. The summed E-state index contributed by atoms with van der Waals surface area (Å²) in [5, 5.41) is 11.1. The number of para-hydroxylation sites is 1. The van der Waals surface area contributed by atoms with Gasteiger partial charge in [0.1, 0.15) is 11.5 Å². The third kappa shape index (κ3) is 4.27. The van der Waals surface area contributed by atoms with E-state index in [1.54, 1.807) is 24.7 Å². The third-order valence-electron chi connectivity index (χ3n) is 4.09. The fourth-order valence-electron chi connectivity index (χ4n) is 2.73. The number of rotatable bonds is 7. The van der Waals surface area contributed by atoms with E-state index in [4.69, 9.17) is 8.83 Å². The van der Waals surface area contributed by atoms with E-state index in [0.717, 1.165) is 11.5 Å². The van der Waals surface area contributed by atoms with Crippen LogP contribution in [0.2, 0.25) is 0 Å². The number of nitrogens with zero attached hydrogens (tertiary/aromatic N) is 3. The summed E-state index contributed by atoms with van der Waals surface area (Å²) in [5.41, 5.74) is 0.944.